The smallest absolute Gasteiger partial charge is 0.340 e. The Balaban J connectivity index is 1.35. The van der Waals surface area contributed by atoms with E-state index in [1.807, 2.05) is 6.07 Å². The largest absolute Gasteiger partial charge is 0.508 e. The Kier molecular flexibility index (Phi) is 5.86. The molecule has 1 aliphatic heterocycles. The van der Waals surface area contributed by atoms with Gasteiger partial charge in [-0.1, -0.05) is 30.3 Å². The van der Waals surface area contributed by atoms with Gasteiger partial charge in [-0.2, -0.15) is 0 Å². The molecule has 0 atom stereocenters. The minimum absolute atomic E-state index is 0.00475. The number of nitrogens with one attached hydrogen (secondary N) is 1. The average molecular weight is 406 g/mol. The normalized spacial score (nSPS) is 15.4. The molecule has 1 fully saturated rings. The molecular weight excluding hydrogens is 380 g/mol. The fraction of sp³-hybridized carbons (Fsp3) is 0.333. The van der Waals surface area contributed by atoms with Crippen molar-refractivity contribution in [2.45, 2.75) is 38.8 Å². The molecule has 2 heterocycles. The standard InChI is InChI=1S/C24H26N2O4/c1-16-20-8-7-19(27)13-22(20)30-24(29)21(16)14-23(28)25-18-9-11-26(12-10-18)15-17-5-3-2-4-6-17/h2-8,13,18,27H,9-12,14-15H2,1H3,(H,25,28). The molecule has 4 rings (SSSR count). The molecule has 1 aliphatic rings. The van der Waals surface area contributed by atoms with E-state index in [9.17, 15) is 14.7 Å². The fourth-order valence-corrected chi connectivity index (χ4v) is 4.10. The number of phenolic OH excluding ortho intramolecular Hbond substituents is 1. The minimum atomic E-state index is -0.529. The van der Waals surface area contributed by atoms with E-state index in [1.54, 1.807) is 19.1 Å². The summed E-state index contributed by atoms with van der Waals surface area (Å²) < 4.78 is 5.31. The summed E-state index contributed by atoms with van der Waals surface area (Å²) in [6.45, 7) is 4.59. The Labute approximate surface area is 175 Å². The van der Waals surface area contributed by atoms with Crippen LogP contribution in [0.15, 0.2) is 57.7 Å². The Hall–Kier alpha value is -3.12. The van der Waals surface area contributed by atoms with Crippen molar-refractivity contribution < 1.29 is 14.3 Å². The van der Waals surface area contributed by atoms with E-state index in [4.69, 9.17) is 4.42 Å². The van der Waals surface area contributed by atoms with E-state index in [2.05, 4.69) is 34.5 Å². The SMILES string of the molecule is Cc1c(CC(=O)NC2CCN(Cc3ccccc3)CC2)c(=O)oc2cc(O)ccc12. The van der Waals surface area contributed by atoms with E-state index in [0.29, 0.717) is 16.7 Å². The average Bonchev–Trinajstić information content (AvgIpc) is 2.73. The number of rotatable bonds is 5. The Morgan fingerprint density at radius 1 is 1.17 bits per heavy atom. The molecule has 30 heavy (non-hydrogen) atoms. The summed E-state index contributed by atoms with van der Waals surface area (Å²) in [6.07, 6.45) is 1.78. The van der Waals surface area contributed by atoms with Gasteiger partial charge in [0.1, 0.15) is 11.3 Å². The highest BCUT2D eigenvalue weighted by atomic mass is 16.4. The fourth-order valence-electron chi connectivity index (χ4n) is 4.10. The molecule has 0 unspecified atom stereocenters. The van der Waals surface area contributed by atoms with Crippen LogP contribution in [0.4, 0.5) is 0 Å². The Bertz CT molecular complexity index is 1100. The zero-order chi connectivity index (χ0) is 21.1. The Morgan fingerprint density at radius 3 is 2.63 bits per heavy atom. The van der Waals surface area contributed by atoms with Gasteiger partial charge in [-0.15, -0.1) is 0 Å². The number of aromatic hydroxyl groups is 1. The van der Waals surface area contributed by atoms with E-state index in [1.165, 1.54) is 11.6 Å². The molecule has 3 aromatic rings. The van der Waals surface area contributed by atoms with Crippen molar-refractivity contribution in [1.29, 1.82) is 0 Å². The van der Waals surface area contributed by atoms with Crippen molar-refractivity contribution in [3.8, 4) is 5.75 Å². The van der Waals surface area contributed by atoms with Gasteiger partial charge < -0.3 is 14.8 Å². The molecule has 1 aromatic heterocycles. The topological polar surface area (TPSA) is 82.8 Å². The molecule has 2 aromatic carbocycles. The highest BCUT2D eigenvalue weighted by molar-refractivity contribution is 5.85. The number of hydrogen-bond acceptors (Lipinski definition) is 5. The van der Waals surface area contributed by atoms with E-state index < -0.39 is 5.63 Å². The first-order valence-electron chi connectivity index (χ1n) is 10.3. The van der Waals surface area contributed by atoms with Gasteiger partial charge in [-0.3, -0.25) is 9.69 Å². The number of amides is 1. The van der Waals surface area contributed by atoms with Crippen molar-refractivity contribution in [3.63, 3.8) is 0 Å². The summed E-state index contributed by atoms with van der Waals surface area (Å²) in [5, 5.41) is 13.4. The molecule has 1 amide bonds. The number of fused-ring (bicyclic) bond motifs is 1. The molecule has 0 saturated carbocycles. The van der Waals surface area contributed by atoms with E-state index >= 15 is 0 Å². The van der Waals surface area contributed by atoms with Gasteiger partial charge in [0.25, 0.3) is 0 Å². The molecule has 6 nitrogen and oxygen atoms in total. The first-order valence-corrected chi connectivity index (χ1v) is 10.3. The zero-order valence-electron chi connectivity index (χ0n) is 17.1. The van der Waals surface area contributed by atoms with Gasteiger partial charge in [0, 0.05) is 37.1 Å². The highest BCUT2D eigenvalue weighted by Gasteiger charge is 2.22. The molecule has 156 valence electrons. The quantitative estimate of drug-likeness (QED) is 0.636. The lowest BCUT2D eigenvalue weighted by Gasteiger charge is -2.32. The summed E-state index contributed by atoms with van der Waals surface area (Å²) in [5.41, 5.74) is 2.18. The second kappa shape index (κ2) is 8.71. The van der Waals surface area contributed by atoms with Crippen LogP contribution >= 0.6 is 0 Å². The number of hydrogen-bond donors (Lipinski definition) is 2. The number of piperidine rings is 1. The number of nitrogens with zero attached hydrogens (tertiary/aromatic N) is 1. The number of likely N-dealkylation sites (tertiary alicyclic amines) is 1. The molecule has 0 spiro atoms. The molecule has 2 N–H and O–H groups in total. The summed E-state index contributed by atoms with van der Waals surface area (Å²) in [4.78, 5) is 27.4. The lowest BCUT2D eigenvalue weighted by molar-refractivity contribution is -0.121. The number of carbonyl (C=O) groups excluding carboxylic acids is 1. The second-order valence-corrected chi connectivity index (χ2v) is 7.95. The molecule has 0 bridgehead atoms. The van der Waals surface area contributed by atoms with E-state index in [0.717, 1.165) is 37.9 Å². The maximum absolute atomic E-state index is 12.6. The monoisotopic (exact) mass is 406 g/mol. The minimum Gasteiger partial charge on any atom is -0.508 e. The van der Waals surface area contributed by atoms with Crippen LogP contribution in [0, 0.1) is 6.92 Å². The summed E-state index contributed by atoms with van der Waals surface area (Å²) in [6, 6.07) is 15.2. The molecule has 6 heteroatoms. The maximum Gasteiger partial charge on any atom is 0.340 e. The number of phenols is 1. The second-order valence-electron chi connectivity index (χ2n) is 7.95. The molecule has 1 saturated heterocycles. The predicted octanol–water partition coefficient (Wildman–Crippen LogP) is 3.13. The van der Waals surface area contributed by atoms with Gasteiger partial charge in [0.2, 0.25) is 5.91 Å². The van der Waals surface area contributed by atoms with Gasteiger partial charge in [-0.05, 0) is 43.0 Å². The van der Waals surface area contributed by atoms with Crippen LogP contribution in [0.25, 0.3) is 11.0 Å². The number of carbonyl (C=O) groups is 1. The first-order chi connectivity index (χ1) is 14.5. The van der Waals surface area contributed by atoms with Crippen LogP contribution in [0.1, 0.15) is 29.5 Å². The third kappa shape index (κ3) is 4.54. The lowest BCUT2D eigenvalue weighted by atomic mass is 10.0. The zero-order valence-corrected chi connectivity index (χ0v) is 17.1. The summed E-state index contributed by atoms with van der Waals surface area (Å²) in [5.74, 6) is -0.126. The van der Waals surface area contributed by atoms with Crippen LogP contribution in [-0.4, -0.2) is 35.0 Å². The predicted molar refractivity (Wildman–Crippen MR) is 115 cm³/mol. The third-order valence-corrected chi connectivity index (χ3v) is 5.81. The van der Waals surface area contributed by atoms with Gasteiger partial charge in [0.15, 0.2) is 0 Å². The van der Waals surface area contributed by atoms with Crippen molar-refractivity contribution in [2.75, 3.05) is 13.1 Å². The van der Waals surface area contributed by atoms with Gasteiger partial charge >= 0.3 is 5.63 Å². The highest BCUT2D eigenvalue weighted by Crippen LogP contribution is 2.23. The summed E-state index contributed by atoms with van der Waals surface area (Å²) >= 11 is 0. The van der Waals surface area contributed by atoms with Crippen LogP contribution < -0.4 is 10.9 Å². The van der Waals surface area contributed by atoms with Crippen molar-refractivity contribution in [1.82, 2.24) is 10.2 Å². The number of benzene rings is 2. The van der Waals surface area contributed by atoms with Crippen molar-refractivity contribution in [3.05, 3.63) is 75.6 Å². The van der Waals surface area contributed by atoms with E-state index in [-0.39, 0.29) is 24.1 Å². The summed E-state index contributed by atoms with van der Waals surface area (Å²) in [7, 11) is 0. The molecule has 0 aliphatic carbocycles. The molecule has 0 radical (unpaired) electrons. The molecular formula is C24H26N2O4. The first kappa shape index (κ1) is 20.2. The van der Waals surface area contributed by atoms with Crippen molar-refractivity contribution in [2.24, 2.45) is 0 Å². The third-order valence-electron chi connectivity index (χ3n) is 5.81. The lowest BCUT2D eigenvalue weighted by Crippen LogP contribution is -2.45. The van der Waals surface area contributed by atoms with Crippen LogP contribution in [0.2, 0.25) is 0 Å². The van der Waals surface area contributed by atoms with Crippen LogP contribution in [0.5, 0.6) is 5.75 Å². The van der Waals surface area contributed by atoms with Crippen molar-refractivity contribution >= 4 is 16.9 Å². The number of aryl methyl sites for hydroxylation is 1. The Morgan fingerprint density at radius 2 is 1.90 bits per heavy atom. The van der Waals surface area contributed by atoms with Gasteiger partial charge in [0.05, 0.1) is 12.0 Å². The maximum atomic E-state index is 12.6. The van der Waals surface area contributed by atoms with Gasteiger partial charge in [-0.25, -0.2) is 4.79 Å². The van der Waals surface area contributed by atoms with Crippen LogP contribution in [0.3, 0.4) is 0 Å². The van der Waals surface area contributed by atoms with Crippen LogP contribution in [-0.2, 0) is 17.8 Å².